The first-order valence-corrected chi connectivity index (χ1v) is 11.8. The lowest BCUT2D eigenvalue weighted by molar-refractivity contribution is -0.112. The van der Waals surface area contributed by atoms with E-state index >= 15 is 0 Å². The van der Waals surface area contributed by atoms with Gasteiger partial charge in [0.05, 0.1) is 16.8 Å². The summed E-state index contributed by atoms with van der Waals surface area (Å²) in [6.45, 7) is 4.29. The van der Waals surface area contributed by atoms with Gasteiger partial charge in [-0.1, -0.05) is 36.0 Å². The zero-order chi connectivity index (χ0) is 22.8. The second-order valence-electron chi connectivity index (χ2n) is 8.37. The van der Waals surface area contributed by atoms with Crippen LogP contribution in [0.1, 0.15) is 17.0 Å². The smallest absolute Gasteiger partial charge is 0.262 e. The summed E-state index contributed by atoms with van der Waals surface area (Å²) in [6, 6.07) is 16.1. The Hall–Kier alpha value is -3.36. The summed E-state index contributed by atoms with van der Waals surface area (Å²) >= 11 is 1.37. The summed E-state index contributed by atoms with van der Waals surface area (Å²) < 4.78 is 0. The van der Waals surface area contributed by atoms with Gasteiger partial charge in [0.15, 0.2) is 0 Å². The molecule has 3 heterocycles. The van der Waals surface area contributed by atoms with Crippen LogP contribution in [-0.2, 0) is 11.2 Å². The maximum atomic E-state index is 12.5. The molecule has 2 aromatic carbocycles. The van der Waals surface area contributed by atoms with Crippen LogP contribution in [0.15, 0.2) is 64.7 Å². The highest BCUT2D eigenvalue weighted by Gasteiger charge is 2.23. The number of anilines is 3. The van der Waals surface area contributed by atoms with Crippen molar-refractivity contribution >= 4 is 40.8 Å². The number of carbonyl (C=O) groups is 1. The number of aromatic nitrogens is 2. The summed E-state index contributed by atoms with van der Waals surface area (Å²) in [5.74, 6) is 0.580. The first kappa shape index (κ1) is 21.5. The van der Waals surface area contributed by atoms with Gasteiger partial charge < -0.3 is 20.9 Å². The van der Waals surface area contributed by atoms with E-state index in [0.29, 0.717) is 22.7 Å². The highest BCUT2D eigenvalue weighted by molar-refractivity contribution is 8.04. The fourth-order valence-corrected chi connectivity index (χ4v) is 4.81. The summed E-state index contributed by atoms with van der Waals surface area (Å²) in [4.78, 5) is 27.1. The van der Waals surface area contributed by atoms with E-state index < -0.39 is 0 Å². The molecule has 1 aromatic heterocycles. The molecule has 5 rings (SSSR count). The van der Waals surface area contributed by atoms with Crippen molar-refractivity contribution in [3.63, 3.8) is 0 Å². The van der Waals surface area contributed by atoms with E-state index in [-0.39, 0.29) is 5.91 Å². The Morgan fingerprint density at radius 1 is 1.06 bits per heavy atom. The van der Waals surface area contributed by atoms with Crippen molar-refractivity contribution in [3.8, 4) is 0 Å². The molecular weight excluding hydrogens is 432 g/mol. The Balaban J connectivity index is 1.30. The molecule has 0 atom stereocenters. The number of hydrogen-bond acceptors (Lipinski definition) is 7. The minimum atomic E-state index is -0.153. The van der Waals surface area contributed by atoms with Crippen molar-refractivity contribution in [2.24, 2.45) is 0 Å². The lowest BCUT2D eigenvalue weighted by Gasteiger charge is -2.34. The first-order chi connectivity index (χ1) is 16.0. The first-order valence-electron chi connectivity index (χ1n) is 11.0. The van der Waals surface area contributed by atoms with Gasteiger partial charge in [0.25, 0.3) is 5.91 Å². The monoisotopic (exact) mass is 458 g/mol. The van der Waals surface area contributed by atoms with E-state index in [1.807, 2.05) is 30.3 Å². The molecule has 3 aromatic rings. The molecule has 0 unspecified atom stereocenters. The van der Waals surface area contributed by atoms with Crippen molar-refractivity contribution in [1.29, 1.82) is 0 Å². The summed E-state index contributed by atoms with van der Waals surface area (Å²) in [5.41, 5.74) is 10.4. The predicted molar refractivity (Wildman–Crippen MR) is 134 cm³/mol. The number of benzene rings is 2. The minimum absolute atomic E-state index is 0.153. The van der Waals surface area contributed by atoms with E-state index in [1.165, 1.54) is 17.4 Å². The molecule has 0 spiro atoms. The van der Waals surface area contributed by atoms with Crippen LogP contribution in [0.2, 0.25) is 0 Å². The Morgan fingerprint density at radius 3 is 2.52 bits per heavy atom. The van der Waals surface area contributed by atoms with Crippen LogP contribution >= 0.6 is 11.8 Å². The van der Waals surface area contributed by atoms with Crippen molar-refractivity contribution in [2.45, 2.75) is 11.4 Å². The number of nitrogen functional groups attached to an aromatic ring is 1. The number of likely N-dealkylation sites (N-methyl/N-ethyl adjacent to an activating group) is 1. The highest BCUT2D eigenvalue weighted by atomic mass is 32.2. The number of hydrogen-bond donors (Lipinski definition) is 2. The third-order valence-electron chi connectivity index (χ3n) is 5.88. The lowest BCUT2D eigenvalue weighted by Crippen LogP contribution is -2.44. The molecule has 0 aliphatic carbocycles. The third-order valence-corrected chi connectivity index (χ3v) is 6.91. The van der Waals surface area contributed by atoms with Gasteiger partial charge >= 0.3 is 0 Å². The van der Waals surface area contributed by atoms with Crippen LogP contribution in [0.4, 0.5) is 17.1 Å². The summed E-state index contributed by atoms with van der Waals surface area (Å²) in [5, 5.41) is 3.65. The number of nitrogens with one attached hydrogen (secondary N) is 1. The molecule has 1 saturated heterocycles. The Labute approximate surface area is 197 Å². The number of piperazine rings is 1. The van der Waals surface area contributed by atoms with Crippen molar-refractivity contribution in [3.05, 3.63) is 76.6 Å². The van der Waals surface area contributed by atoms with E-state index in [0.717, 1.165) is 48.2 Å². The van der Waals surface area contributed by atoms with Gasteiger partial charge in [-0.2, -0.15) is 0 Å². The number of fused-ring (bicyclic) bond motifs is 1. The summed E-state index contributed by atoms with van der Waals surface area (Å²) in [6.07, 6.45) is 4.18. The molecule has 0 radical (unpaired) electrons. The molecule has 8 heteroatoms. The van der Waals surface area contributed by atoms with E-state index in [1.54, 1.807) is 6.20 Å². The second-order valence-corrected chi connectivity index (χ2v) is 9.40. The van der Waals surface area contributed by atoms with Crippen LogP contribution in [0.3, 0.4) is 0 Å². The van der Waals surface area contributed by atoms with Gasteiger partial charge in [-0.05, 0) is 48.5 Å². The average molecular weight is 459 g/mol. The van der Waals surface area contributed by atoms with Gasteiger partial charge in [0, 0.05) is 44.0 Å². The number of amides is 1. The number of thioether (sulfide) groups is 1. The van der Waals surface area contributed by atoms with E-state index in [4.69, 9.17) is 10.7 Å². The van der Waals surface area contributed by atoms with Gasteiger partial charge in [-0.25, -0.2) is 9.97 Å². The Bertz CT molecular complexity index is 1180. The molecule has 7 nitrogen and oxygen atoms in total. The molecule has 3 N–H and O–H groups in total. The maximum absolute atomic E-state index is 12.5. The Morgan fingerprint density at radius 2 is 1.79 bits per heavy atom. The van der Waals surface area contributed by atoms with Crippen molar-refractivity contribution in [2.75, 3.05) is 49.2 Å². The highest BCUT2D eigenvalue weighted by Crippen LogP contribution is 2.37. The number of carbonyl (C=O) groups excluding carboxylic acids is 1. The topological polar surface area (TPSA) is 87.4 Å². The zero-order valence-corrected chi connectivity index (χ0v) is 19.3. The van der Waals surface area contributed by atoms with Crippen LogP contribution in [0.5, 0.6) is 0 Å². The SMILES string of the molecule is CN1CCN(c2ccc(Cc3ncc4c(n3)S/C(=C/c3ccc(N)cc3)C(=O)N4)cc2)CC1. The van der Waals surface area contributed by atoms with Crippen LogP contribution in [-0.4, -0.2) is 54.0 Å². The lowest BCUT2D eigenvalue weighted by atomic mass is 10.1. The quantitative estimate of drug-likeness (QED) is 0.352. The zero-order valence-electron chi connectivity index (χ0n) is 18.5. The maximum Gasteiger partial charge on any atom is 0.262 e. The third kappa shape index (κ3) is 5.02. The van der Waals surface area contributed by atoms with Gasteiger partial charge in [0.1, 0.15) is 10.9 Å². The van der Waals surface area contributed by atoms with Gasteiger partial charge in [0.2, 0.25) is 0 Å². The van der Waals surface area contributed by atoms with Gasteiger partial charge in [-0.15, -0.1) is 0 Å². The molecule has 2 aliphatic rings. The van der Waals surface area contributed by atoms with Gasteiger partial charge in [-0.3, -0.25) is 4.79 Å². The number of rotatable bonds is 4. The fraction of sp³-hybridized carbons (Fsp3) is 0.240. The molecule has 0 saturated carbocycles. The van der Waals surface area contributed by atoms with E-state index in [9.17, 15) is 4.79 Å². The second kappa shape index (κ2) is 9.25. The van der Waals surface area contributed by atoms with Crippen molar-refractivity contribution in [1.82, 2.24) is 14.9 Å². The molecular formula is C25H26N6OS. The minimum Gasteiger partial charge on any atom is -0.399 e. The van der Waals surface area contributed by atoms with Crippen LogP contribution in [0.25, 0.3) is 6.08 Å². The largest absolute Gasteiger partial charge is 0.399 e. The molecule has 1 fully saturated rings. The normalized spacial score (nSPS) is 17.7. The molecule has 1 amide bonds. The van der Waals surface area contributed by atoms with Crippen LogP contribution < -0.4 is 16.0 Å². The summed E-state index contributed by atoms with van der Waals surface area (Å²) in [7, 11) is 2.17. The Kier molecular flexibility index (Phi) is 6.02. The van der Waals surface area contributed by atoms with Crippen molar-refractivity contribution < 1.29 is 4.79 Å². The number of nitrogens with zero attached hydrogens (tertiary/aromatic N) is 4. The average Bonchev–Trinajstić information content (AvgIpc) is 2.82. The number of nitrogens with two attached hydrogens (primary N) is 1. The van der Waals surface area contributed by atoms with Crippen LogP contribution in [0, 0.1) is 0 Å². The standard InChI is InChI=1S/C25H26N6OS/c1-30-10-12-31(13-11-30)20-8-4-18(5-9-20)15-23-27-16-21-25(29-23)33-22(24(32)28-21)14-17-2-6-19(26)7-3-17/h2-9,14,16H,10-13,15,26H2,1H3,(H,28,32)/b22-14+. The molecule has 0 bridgehead atoms. The fourth-order valence-electron chi connectivity index (χ4n) is 3.89. The molecule has 33 heavy (non-hydrogen) atoms. The predicted octanol–water partition coefficient (Wildman–Crippen LogP) is 3.49. The molecule has 168 valence electrons. The van der Waals surface area contributed by atoms with E-state index in [2.05, 4.69) is 51.4 Å². The molecule has 2 aliphatic heterocycles.